The summed E-state index contributed by atoms with van der Waals surface area (Å²) >= 11 is 0. The highest BCUT2D eigenvalue weighted by molar-refractivity contribution is 5.92. The lowest BCUT2D eigenvalue weighted by Crippen LogP contribution is -2.41. The van der Waals surface area contributed by atoms with Crippen molar-refractivity contribution in [3.8, 4) is 0 Å². The summed E-state index contributed by atoms with van der Waals surface area (Å²) in [6.45, 7) is 1.18. The van der Waals surface area contributed by atoms with Crippen LogP contribution in [0.1, 0.15) is 47.8 Å². The van der Waals surface area contributed by atoms with Crippen LogP contribution in [0.4, 0.5) is 0 Å². The van der Waals surface area contributed by atoms with E-state index in [1.54, 1.807) is 30.1 Å². The van der Waals surface area contributed by atoms with Crippen LogP contribution in [0.15, 0.2) is 29.2 Å². The first kappa shape index (κ1) is 15.1. The van der Waals surface area contributed by atoms with Crippen molar-refractivity contribution >= 4 is 5.91 Å². The van der Waals surface area contributed by atoms with Crippen molar-refractivity contribution in [3.63, 3.8) is 0 Å². The van der Waals surface area contributed by atoms with Gasteiger partial charge in [-0.1, -0.05) is 0 Å². The maximum atomic E-state index is 12.8. The predicted molar refractivity (Wildman–Crippen MR) is 87.7 cm³/mol. The van der Waals surface area contributed by atoms with E-state index in [9.17, 15) is 9.59 Å². The van der Waals surface area contributed by atoms with Crippen LogP contribution in [0.3, 0.4) is 0 Å². The highest BCUT2D eigenvalue weighted by atomic mass is 16.2. The van der Waals surface area contributed by atoms with Gasteiger partial charge in [0, 0.05) is 31.8 Å². The van der Waals surface area contributed by atoms with Crippen molar-refractivity contribution in [1.29, 1.82) is 0 Å². The second kappa shape index (κ2) is 5.89. The van der Waals surface area contributed by atoms with Crippen molar-refractivity contribution in [3.05, 3.63) is 46.1 Å². The third kappa shape index (κ3) is 2.74. The molecule has 2 aliphatic rings. The van der Waals surface area contributed by atoms with E-state index in [1.165, 1.54) is 4.68 Å². The fourth-order valence-electron chi connectivity index (χ4n) is 3.42. The average molecular weight is 327 g/mol. The third-order valence-electron chi connectivity index (χ3n) is 4.94. The Kier molecular flexibility index (Phi) is 3.70. The summed E-state index contributed by atoms with van der Waals surface area (Å²) in [6.07, 6.45) is 5.78. The molecular formula is C17H21N5O2. The molecule has 2 aromatic heterocycles. The number of carbonyl (C=O) groups is 1. The summed E-state index contributed by atoms with van der Waals surface area (Å²) in [5.41, 5.74) is 1.48. The van der Waals surface area contributed by atoms with E-state index in [0.29, 0.717) is 24.7 Å². The summed E-state index contributed by atoms with van der Waals surface area (Å²) in [4.78, 5) is 26.8. The molecule has 1 atom stereocenters. The Labute approximate surface area is 139 Å². The minimum absolute atomic E-state index is 0.00653. The first-order chi connectivity index (χ1) is 11.6. The quantitative estimate of drug-likeness (QED) is 0.845. The largest absolute Gasteiger partial charge is 0.332 e. The van der Waals surface area contributed by atoms with E-state index in [0.717, 1.165) is 31.4 Å². The molecule has 2 aromatic rings. The van der Waals surface area contributed by atoms with Gasteiger partial charge in [0.2, 0.25) is 0 Å². The number of aryl methyl sites for hydroxylation is 1. The minimum atomic E-state index is -0.0979. The molecule has 7 nitrogen and oxygen atoms in total. The summed E-state index contributed by atoms with van der Waals surface area (Å²) in [5.74, 6) is 0.483. The topological polar surface area (TPSA) is 73.0 Å². The first-order valence-corrected chi connectivity index (χ1v) is 8.50. The van der Waals surface area contributed by atoms with Crippen LogP contribution < -0.4 is 5.56 Å². The summed E-state index contributed by atoms with van der Waals surface area (Å²) < 4.78 is 3.13. The molecule has 0 N–H and O–H groups in total. The zero-order valence-electron chi connectivity index (χ0n) is 13.8. The predicted octanol–water partition coefficient (Wildman–Crippen LogP) is 1.16. The Balaban J connectivity index is 1.55. The van der Waals surface area contributed by atoms with Gasteiger partial charge >= 0.3 is 0 Å². The highest BCUT2D eigenvalue weighted by Crippen LogP contribution is 2.38. The summed E-state index contributed by atoms with van der Waals surface area (Å²) in [5, 5.41) is 8.59. The van der Waals surface area contributed by atoms with Gasteiger partial charge in [-0.25, -0.2) is 4.68 Å². The van der Waals surface area contributed by atoms with Crippen molar-refractivity contribution < 1.29 is 4.79 Å². The normalized spacial score (nSPS) is 20.5. The zero-order chi connectivity index (χ0) is 16.7. The Morgan fingerprint density at radius 1 is 1.25 bits per heavy atom. The van der Waals surface area contributed by atoms with Crippen LogP contribution in [0, 0.1) is 0 Å². The summed E-state index contributed by atoms with van der Waals surface area (Å²) in [6, 6.07) is 5.18. The Hall–Kier alpha value is -2.44. The number of nitrogens with zero attached hydrogens (tertiary/aromatic N) is 5. The van der Waals surface area contributed by atoms with Gasteiger partial charge in [0.15, 0.2) is 0 Å². The smallest absolute Gasteiger partial charge is 0.272 e. The number of amides is 1. The zero-order valence-corrected chi connectivity index (χ0v) is 13.8. The van der Waals surface area contributed by atoms with Crippen LogP contribution >= 0.6 is 0 Å². The fourth-order valence-corrected chi connectivity index (χ4v) is 3.42. The minimum Gasteiger partial charge on any atom is -0.332 e. The van der Waals surface area contributed by atoms with E-state index in [4.69, 9.17) is 0 Å². The molecule has 3 heterocycles. The second-order valence-corrected chi connectivity index (χ2v) is 6.69. The SMILES string of the molecule is Cn1nccc1C(=O)N1CCCC1Cn1nc(C2CC2)ccc1=O. The Morgan fingerprint density at radius 2 is 2.08 bits per heavy atom. The maximum absolute atomic E-state index is 12.8. The molecule has 0 radical (unpaired) electrons. The highest BCUT2D eigenvalue weighted by Gasteiger charge is 2.32. The van der Waals surface area contributed by atoms with Gasteiger partial charge in [0.1, 0.15) is 5.69 Å². The van der Waals surface area contributed by atoms with E-state index >= 15 is 0 Å². The van der Waals surface area contributed by atoms with Crippen LogP contribution in [-0.2, 0) is 13.6 Å². The van der Waals surface area contributed by atoms with Gasteiger partial charge in [-0.05, 0) is 37.8 Å². The molecule has 1 saturated carbocycles. The van der Waals surface area contributed by atoms with E-state index in [1.807, 2.05) is 11.0 Å². The van der Waals surface area contributed by atoms with E-state index in [-0.39, 0.29) is 17.5 Å². The lowest BCUT2D eigenvalue weighted by molar-refractivity contribution is 0.0709. The van der Waals surface area contributed by atoms with Crippen LogP contribution in [0.2, 0.25) is 0 Å². The molecule has 0 spiro atoms. The van der Waals surface area contributed by atoms with Gasteiger partial charge in [-0.15, -0.1) is 0 Å². The molecule has 1 aliphatic heterocycles. The molecule has 24 heavy (non-hydrogen) atoms. The second-order valence-electron chi connectivity index (χ2n) is 6.69. The van der Waals surface area contributed by atoms with Gasteiger partial charge in [-0.3, -0.25) is 14.3 Å². The molecule has 4 rings (SSSR count). The standard InChI is InChI=1S/C17H21N5O2/c1-20-15(8-9-18-20)17(24)21-10-2-3-13(21)11-22-16(23)7-6-14(19-22)12-4-5-12/h6-9,12-13H,2-5,10-11H2,1H3. The molecule has 7 heteroatoms. The Bertz CT molecular complexity index is 820. The van der Waals surface area contributed by atoms with E-state index in [2.05, 4.69) is 10.2 Å². The molecule has 1 aliphatic carbocycles. The molecule has 126 valence electrons. The molecule has 2 fully saturated rings. The number of likely N-dealkylation sites (tertiary alicyclic amines) is 1. The first-order valence-electron chi connectivity index (χ1n) is 8.50. The molecule has 0 bridgehead atoms. The number of carbonyl (C=O) groups excluding carboxylic acids is 1. The molecule has 1 unspecified atom stereocenters. The summed E-state index contributed by atoms with van der Waals surface area (Å²) in [7, 11) is 1.77. The lowest BCUT2D eigenvalue weighted by atomic mass is 10.2. The average Bonchev–Trinajstić information content (AvgIpc) is 3.17. The lowest BCUT2D eigenvalue weighted by Gasteiger charge is -2.25. The third-order valence-corrected chi connectivity index (χ3v) is 4.94. The van der Waals surface area contributed by atoms with Gasteiger partial charge in [-0.2, -0.15) is 10.2 Å². The molecular weight excluding hydrogens is 306 g/mol. The number of hydrogen-bond acceptors (Lipinski definition) is 4. The maximum Gasteiger partial charge on any atom is 0.272 e. The monoisotopic (exact) mass is 327 g/mol. The fraction of sp³-hybridized carbons (Fsp3) is 0.529. The molecule has 0 aromatic carbocycles. The number of aromatic nitrogens is 4. The van der Waals surface area contributed by atoms with Crippen LogP contribution in [0.5, 0.6) is 0 Å². The van der Waals surface area contributed by atoms with Crippen LogP contribution in [-0.4, -0.2) is 43.0 Å². The van der Waals surface area contributed by atoms with Crippen molar-refractivity contribution in [2.45, 2.75) is 44.2 Å². The number of rotatable bonds is 4. The van der Waals surface area contributed by atoms with Gasteiger partial charge < -0.3 is 4.90 Å². The van der Waals surface area contributed by atoms with Gasteiger partial charge in [0.25, 0.3) is 11.5 Å². The molecule has 1 saturated heterocycles. The van der Waals surface area contributed by atoms with Crippen molar-refractivity contribution in [1.82, 2.24) is 24.5 Å². The number of hydrogen-bond donors (Lipinski definition) is 0. The van der Waals surface area contributed by atoms with Crippen LogP contribution in [0.25, 0.3) is 0 Å². The van der Waals surface area contributed by atoms with E-state index < -0.39 is 0 Å². The van der Waals surface area contributed by atoms with Gasteiger partial charge in [0.05, 0.1) is 18.3 Å². The Morgan fingerprint density at radius 3 is 2.79 bits per heavy atom. The van der Waals surface area contributed by atoms with Crippen molar-refractivity contribution in [2.24, 2.45) is 7.05 Å². The van der Waals surface area contributed by atoms with Crippen molar-refractivity contribution in [2.75, 3.05) is 6.54 Å². The molecule has 1 amide bonds.